The van der Waals surface area contributed by atoms with Gasteiger partial charge in [0.25, 0.3) is 0 Å². The SMILES string of the molecule is CCS(=O)(=O)N1CC(C)(CC(F)(F)F)c2c(Cl)cccc21. The Morgan fingerprint density at radius 3 is 2.52 bits per heavy atom. The summed E-state index contributed by atoms with van der Waals surface area (Å²) in [4.78, 5) is 0. The molecule has 0 amide bonds. The maximum absolute atomic E-state index is 12.9. The third-order valence-corrected chi connectivity index (χ3v) is 5.69. The molecule has 1 unspecified atom stereocenters. The van der Waals surface area contributed by atoms with Crippen LogP contribution < -0.4 is 4.31 Å². The minimum Gasteiger partial charge on any atom is -0.269 e. The molecule has 0 N–H and O–H groups in total. The van der Waals surface area contributed by atoms with E-state index in [4.69, 9.17) is 11.6 Å². The molecule has 2 rings (SSSR count). The van der Waals surface area contributed by atoms with Gasteiger partial charge in [-0.05, 0) is 19.1 Å². The van der Waals surface area contributed by atoms with Crippen LogP contribution in [0.15, 0.2) is 18.2 Å². The highest BCUT2D eigenvalue weighted by molar-refractivity contribution is 7.92. The van der Waals surface area contributed by atoms with E-state index < -0.39 is 28.0 Å². The summed E-state index contributed by atoms with van der Waals surface area (Å²) in [6.07, 6.45) is -5.52. The van der Waals surface area contributed by atoms with Crippen LogP contribution in [0.4, 0.5) is 18.9 Å². The van der Waals surface area contributed by atoms with Gasteiger partial charge in [0.2, 0.25) is 10.0 Å². The predicted octanol–water partition coefficient (Wildman–Crippen LogP) is 3.72. The normalized spacial score (nSPS) is 22.5. The Kier molecular flexibility index (Phi) is 3.95. The Bertz CT molecular complexity index is 660. The molecule has 8 heteroatoms. The number of fused-ring (bicyclic) bond motifs is 1. The first-order valence-electron chi connectivity index (χ1n) is 6.36. The van der Waals surface area contributed by atoms with Crippen molar-refractivity contribution in [3.05, 3.63) is 28.8 Å². The van der Waals surface area contributed by atoms with E-state index in [0.717, 1.165) is 4.31 Å². The minimum absolute atomic E-state index is 0.160. The van der Waals surface area contributed by atoms with Crippen LogP contribution in [0.5, 0.6) is 0 Å². The van der Waals surface area contributed by atoms with Gasteiger partial charge in [0.15, 0.2) is 0 Å². The van der Waals surface area contributed by atoms with E-state index in [2.05, 4.69) is 0 Å². The van der Waals surface area contributed by atoms with E-state index in [-0.39, 0.29) is 28.6 Å². The second-order valence-corrected chi connectivity index (χ2v) is 7.98. The number of hydrogen-bond donors (Lipinski definition) is 0. The molecule has 1 atom stereocenters. The fraction of sp³-hybridized carbons (Fsp3) is 0.538. The van der Waals surface area contributed by atoms with Gasteiger partial charge in [-0.3, -0.25) is 4.31 Å². The fourth-order valence-electron chi connectivity index (χ4n) is 2.79. The summed E-state index contributed by atoms with van der Waals surface area (Å²) >= 11 is 6.05. The Hall–Kier alpha value is -0.950. The lowest BCUT2D eigenvalue weighted by molar-refractivity contribution is -0.145. The first-order chi connectivity index (χ1) is 9.50. The number of halogens is 4. The molecule has 0 bridgehead atoms. The van der Waals surface area contributed by atoms with Crippen LogP contribution in [0.3, 0.4) is 0 Å². The van der Waals surface area contributed by atoms with Gasteiger partial charge in [-0.15, -0.1) is 0 Å². The highest BCUT2D eigenvalue weighted by Crippen LogP contribution is 2.50. The van der Waals surface area contributed by atoms with Gasteiger partial charge in [-0.1, -0.05) is 24.6 Å². The highest BCUT2D eigenvalue weighted by Gasteiger charge is 2.49. The van der Waals surface area contributed by atoms with Crippen molar-refractivity contribution < 1.29 is 21.6 Å². The van der Waals surface area contributed by atoms with E-state index in [9.17, 15) is 21.6 Å². The lowest BCUT2D eigenvalue weighted by Gasteiger charge is -2.27. The van der Waals surface area contributed by atoms with Crippen molar-refractivity contribution in [2.45, 2.75) is 31.9 Å². The lowest BCUT2D eigenvalue weighted by Crippen LogP contribution is -2.38. The van der Waals surface area contributed by atoms with Gasteiger partial charge in [0, 0.05) is 22.5 Å². The van der Waals surface area contributed by atoms with Crippen LogP contribution >= 0.6 is 11.6 Å². The zero-order valence-electron chi connectivity index (χ0n) is 11.5. The zero-order chi connectivity index (χ0) is 16.1. The molecule has 0 saturated carbocycles. The molecule has 0 spiro atoms. The van der Waals surface area contributed by atoms with Crippen LogP contribution in [0, 0.1) is 0 Å². The molecule has 118 valence electrons. The molecule has 21 heavy (non-hydrogen) atoms. The molecule has 1 aromatic rings. The van der Waals surface area contributed by atoms with Crippen molar-refractivity contribution in [2.75, 3.05) is 16.6 Å². The van der Waals surface area contributed by atoms with Gasteiger partial charge in [-0.2, -0.15) is 13.2 Å². The Morgan fingerprint density at radius 2 is 2.00 bits per heavy atom. The number of rotatable bonds is 3. The van der Waals surface area contributed by atoms with Crippen molar-refractivity contribution >= 4 is 27.3 Å². The van der Waals surface area contributed by atoms with Crippen LogP contribution in [0.2, 0.25) is 5.02 Å². The highest BCUT2D eigenvalue weighted by atomic mass is 35.5. The largest absolute Gasteiger partial charge is 0.390 e. The van der Waals surface area contributed by atoms with Crippen molar-refractivity contribution in [3.63, 3.8) is 0 Å². The number of nitrogens with zero attached hydrogens (tertiary/aromatic N) is 1. The van der Waals surface area contributed by atoms with Crippen molar-refractivity contribution in [1.29, 1.82) is 0 Å². The van der Waals surface area contributed by atoms with Crippen molar-refractivity contribution in [1.82, 2.24) is 0 Å². The van der Waals surface area contributed by atoms with Gasteiger partial charge in [0.1, 0.15) is 0 Å². The quantitative estimate of drug-likeness (QED) is 0.840. The number of sulfonamides is 1. The van der Waals surface area contributed by atoms with Gasteiger partial charge >= 0.3 is 6.18 Å². The Balaban J connectivity index is 2.61. The van der Waals surface area contributed by atoms with Gasteiger partial charge in [0.05, 0.1) is 17.9 Å². The summed E-state index contributed by atoms with van der Waals surface area (Å²) in [6, 6.07) is 4.52. The summed E-state index contributed by atoms with van der Waals surface area (Å²) in [5.41, 5.74) is -0.883. The van der Waals surface area contributed by atoms with Crippen LogP contribution in [-0.4, -0.2) is 26.9 Å². The lowest BCUT2D eigenvalue weighted by atomic mass is 9.81. The molecule has 0 saturated heterocycles. The molecular formula is C13H15ClF3NO2S. The van der Waals surface area contributed by atoms with E-state index in [1.165, 1.54) is 26.0 Å². The van der Waals surface area contributed by atoms with Gasteiger partial charge < -0.3 is 0 Å². The van der Waals surface area contributed by atoms with Gasteiger partial charge in [-0.25, -0.2) is 8.42 Å². The van der Waals surface area contributed by atoms with Crippen LogP contribution in [-0.2, 0) is 15.4 Å². The second-order valence-electron chi connectivity index (χ2n) is 5.39. The van der Waals surface area contributed by atoms with E-state index >= 15 is 0 Å². The zero-order valence-corrected chi connectivity index (χ0v) is 13.1. The third-order valence-electron chi connectivity index (χ3n) is 3.65. The number of anilines is 1. The standard InChI is InChI=1S/C13H15ClF3NO2S/c1-3-21(19,20)18-8-12(2,7-13(15,16)17)11-9(14)5-4-6-10(11)18/h4-6H,3,7-8H2,1-2H3. The number of hydrogen-bond acceptors (Lipinski definition) is 2. The average Bonchev–Trinajstić information content (AvgIpc) is 2.62. The average molecular weight is 342 g/mol. The summed E-state index contributed by atoms with van der Waals surface area (Å²) in [5, 5.41) is 0.160. The van der Waals surface area contributed by atoms with Crippen molar-refractivity contribution in [3.8, 4) is 0 Å². The van der Waals surface area contributed by atoms with E-state index in [1.54, 1.807) is 6.07 Å². The molecule has 0 aliphatic carbocycles. The predicted molar refractivity (Wildman–Crippen MR) is 76.3 cm³/mol. The minimum atomic E-state index is -4.41. The number of alkyl halides is 3. The summed E-state index contributed by atoms with van der Waals surface area (Å²) in [5.74, 6) is -0.180. The molecule has 0 aromatic heterocycles. The molecule has 3 nitrogen and oxygen atoms in total. The maximum Gasteiger partial charge on any atom is 0.390 e. The molecule has 1 aliphatic rings. The summed E-state index contributed by atoms with van der Waals surface area (Å²) in [6.45, 7) is 2.61. The summed E-state index contributed by atoms with van der Waals surface area (Å²) in [7, 11) is -3.65. The number of benzene rings is 1. The second kappa shape index (κ2) is 5.05. The van der Waals surface area contributed by atoms with E-state index in [1.807, 2.05) is 0 Å². The van der Waals surface area contributed by atoms with Crippen LogP contribution in [0.25, 0.3) is 0 Å². The van der Waals surface area contributed by atoms with Crippen molar-refractivity contribution in [2.24, 2.45) is 0 Å². The topological polar surface area (TPSA) is 37.4 Å². The molecule has 1 heterocycles. The smallest absolute Gasteiger partial charge is 0.269 e. The molecule has 0 fully saturated rings. The first kappa shape index (κ1) is 16.4. The summed E-state index contributed by atoms with van der Waals surface area (Å²) < 4.78 is 63.9. The maximum atomic E-state index is 12.9. The van der Waals surface area contributed by atoms with Crippen LogP contribution in [0.1, 0.15) is 25.8 Å². The molecule has 0 radical (unpaired) electrons. The third kappa shape index (κ3) is 2.99. The monoisotopic (exact) mass is 341 g/mol. The Morgan fingerprint density at radius 1 is 1.38 bits per heavy atom. The Labute approximate surface area is 126 Å². The molecule has 1 aliphatic heterocycles. The first-order valence-corrected chi connectivity index (χ1v) is 8.35. The molecular weight excluding hydrogens is 327 g/mol. The fourth-order valence-corrected chi connectivity index (χ4v) is 4.43. The van der Waals surface area contributed by atoms with E-state index in [0.29, 0.717) is 0 Å². The molecule has 1 aromatic carbocycles.